The third kappa shape index (κ3) is 2.95. The Balaban J connectivity index is 2.20. The standard InChI is InChI=1S/C20H19ClN2O3/c1-11(2)17-15-10-14(26-3)8-9-16(15)23(18(17)19(22)24)20(25)12-4-6-13(21)7-5-12/h4-10,18H,1-3H3,(H2,22,24). The van der Waals surface area contributed by atoms with Gasteiger partial charge in [-0.3, -0.25) is 14.5 Å². The van der Waals surface area contributed by atoms with Gasteiger partial charge < -0.3 is 10.5 Å². The van der Waals surface area contributed by atoms with E-state index in [9.17, 15) is 9.59 Å². The second-order valence-electron chi connectivity index (χ2n) is 6.28. The van der Waals surface area contributed by atoms with Crippen molar-refractivity contribution in [2.75, 3.05) is 12.0 Å². The van der Waals surface area contributed by atoms with Crippen molar-refractivity contribution in [2.45, 2.75) is 19.9 Å². The van der Waals surface area contributed by atoms with Crippen molar-refractivity contribution in [2.24, 2.45) is 5.73 Å². The van der Waals surface area contributed by atoms with Crippen molar-refractivity contribution in [3.05, 3.63) is 64.2 Å². The lowest BCUT2D eigenvalue weighted by molar-refractivity contribution is -0.118. The summed E-state index contributed by atoms with van der Waals surface area (Å²) in [6.45, 7) is 3.79. The molecule has 134 valence electrons. The SMILES string of the molecule is COc1ccc2c(c1)C(=C(C)C)C(C(N)=O)N2C(=O)c1ccc(Cl)cc1. The first-order valence-corrected chi connectivity index (χ1v) is 8.47. The van der Waals surface area contributed by atoms with Crippen LogP contribution in [0.1, 0.15) is 29.8 Å². The minimum atomic E-state index is -0.870. The summed E-state index contributed by atoms with van der Waals surface area (Å²) < 4.78 is 5.30. The van der Waals surface area contributed by atoms with Gasteiger partial charge in [-0.25, -0.2) is 0 Å². The Morgan fingerprint density at radius 1 is 1.12 bits per heavy atom. The summed E-state index contributed by atoms with van der Waals surface area (Å²) in [6.07, 6.45) is 0. The number of fused-ring (bicyclic) bond motifs is 1. The zero-order valence-corrected chi connectivity index (χ0v) is 15.5. The van der Waals surface area contributed by atoms with Gasteiger partial charge >= 0.3 is 0 Å². The number of amides is 2. The number of anilines is 1. The summed E-state index contributed by atoms with van der Waals surface area (Å²) in [6, 6.07) is 11.0. The van der Waals surface area contributed by atoms with Crippen molar-refractivity contribution in [1.29, 1.82) is 0 Å². The highest BCUT2D eigenvalue weighted by Gasteiger charge is 2.42. The molecule has 0 aromatic heterocycles. The molecule has 2 N–H and O–H groups in total. The van der Waals surface area contributed by atoms with Gasteiger partial charge in [-0.1, -0.05) is 17.2 Å². The summed E-state index contributed by atoms with van der Waals surface area (Å²) >= 11 is 5.91. The second-order valence-corrected chi connectivity index (χ2v) is 6.72. The molecule has 1 aliphatic heterocycles. The number of ether oxygens (including phenoxy) is 1. The molecule has 1 atom stereocenters. The largest absolute Gasteiger partial charge is 0.497 e. The molecule has 2 aromatic carbocycles. The highest BCUT2D eigenvalue weighted by atomic mass is 35.5. The van der Waals surface area contributed by atoms with Gasteiger partial charge in [0.2, 0.25) is 5.91 Å². The minimum absolute atomic E-state index is 0.312. The molecular formula is C20H19ClN2O3. The molecule has 2 aromatic rings. The van der Waals surface area contributed by atoms with Crippen molar-refractivity contribution in [1.82, 2.24) is 0 Å². The average Bonchev–Trinajstić information content (AvgIpc) is 2.96. The number of benzene rings is 2. The Morgan fingerprint density at radius 3 is 2.31 bits per heavy atom. The van der Waals surface area contributed by atoms with E-state index in [0.29, 0.717) is 22.0 Å². The predicted molar refractivity (Wildman–Crippen MR) is 103 cm³/mol. The molecule has 6 heteroatoms. The Hall–Kier alpha value is -2.79. The fraction of sp³-hybridized carbons (Fsp3) is 0.200. The molecular weight excluding hydrogens is 352 g/mol. The number of nitrogens with two attached hydrogens (primary N) is 1. The number of hydrogen-bond donors (Lipinski definition) is 1. The second kappa shape index (κ2) is 6.84. The lowest BCUT2D eigenvalue weighted by Crippen LogP contribution is -2.45. The first-order chi connectivity index (χ1) is 12.3. The molecule has 26 heavy (non-hydrogen) atoms. The van der Waals surface area contributed by atoms with Gasteiger partial charge in [-0.15, -0.1) is 0 Å². The molecule has 0 bridgehead atoms. The fourth-order valence-corrected chi connectivity index (χ4v) is 3.38. The van der Waals surface area contributed by atoms with Crippen LogP contribution in [0.3, 0.4) is 0 Å². The fourth-order valence-electron chi connectivity index (χ4n) is 3.25. The number of carbonyl (C=O) groups is 2. The molecule has 0 aliphatic carbocycles. The Bertz CT molecular complexity index is 915. The smallest absolute Gasteiger partial charge is 0.259 e. The van der Waals surface area contributed by atoms with Crippen LogP contribution in [0.25, 0.3) is 5.57 Å². The monoisotopic (exact) mass is 370 g/mol. The number of methoxy groups -OCH3 is 1. The summed E-state index contributed by atoms with van der Waals surface area (Å²) in [7, 11) is 1.57. The van der Waals surface area contributed by atoms with Crippen molar-refractivity contribution >= 4 is 34.7 Å². The van der Waals surface area contributed by atoms with E-state index in [0.717, 1.165) is 16.7 Å². The third-order valence-corrected chi connectivity index (χ3v) is 4.66. The molecule has 0 saturated carbocycles. The Kier molecular flexibility index (Phi) is 4.74. The van der Waals surface area contributed by atoms with E-state index in [1.807, 2.05) is 19.9 Å². The van der Waals surface area contributed by atoms with E-state index in [-0.39, 0.29) is 5.91 Å². The van der Waals surface area contributed by atoms with Crippen molar-refractivity contribution in [3.8, 4) is 5.75 Å². The van der Waals surface area contributed by atoms with Crippen molar-refractivity contribution in [3.63, 3.8) is 0 Å². The van der Waals surface area contributed by atoms with Crippen LogP contribution in [-0.2, 0) is 4.79 Å². The maximum absolute atomic E-state index is 13.2. The molecule has 2 amide bonds. The number of halogens is 1. The molecule has 5 nitrogen and oxygen atoms in total. The minimum Gasteiger partial charge on any atom is -0.497 e. The highest BCUT2D eigenvalue weighted by Crippen LogP contribution is 2.44. The average molecular weight is 371 g/mol. The quantitative estimate of drug-likeness (QED) is 0.896. The summed E-state index contributed by atoms with van der Waals surface area (Å²) in [5.74, 6) is -0.252. The van der Waals surface area contributed by atoms with E-state index < -0.39 is 11.9 Å². The lowest BCUT2D eigenvalue weighted by Gasteiger charge is -2.24. The first kappa shape index (κ1) is 18.0. The van der Waals surface area contributed by atoms with E-state index >= 15 is 0 Å². The van der Waals surface area contributed by atoms with Gasteiger partial charge in [0, 0.05) is 16.1 Å². The van der Waals surface area contributed by atoms with E-state index in [2.05, 4.69) is 0 Å². The van der Waals surface area contributed by atoms with Crippen LogP contribution in [0.2, 0.25) is 5.02 Å². The zero-order chi connectivity index (χ0) is 19.0. The normalized spacial score (nSPS) is 15.6. The van der Waals surface area contributed by atoms with Crippen LogP contribution in [0.5, 0.6) is 5.75 Å². The zero-order valence-electron chi connectivity index (χ0n) is 14.7. The number of carbonyl (C=O) groups excluding carboxylic acids is 2. The third-order valence-electron chi connectivity index (χ3n) is 4.40. The molecule has 1 aliphatic rings. The van der Waals surface area contributed by atoms with Gasteiger partial charge in [-0.2, -0.15) is 0 Å². The van der Waals surface area contributed by atoms with Crippen LogP contribution in [0.15, 0.2) is 48.0 Å². The van der Waals surface area contributed by atoms with Crippen molar-refractivity contribution < 1.29 is 14.3 Å². The molecule has 0 radical (unpaired) electrons. The van der Waals surface area contributed by atoms with E-state index in [1.165, 1.54) is 4.90 Å². The van der Waals surface area contributed by atoms with Gasteiger partial charge in [0.25, 0.3) is 5.91 Å². The van der Waals surface area contributed by atoms with Crippen LogP contribution in [-0.4, -0.2) is 25.0 Å². The molecule has 0 saturated heterocycles. The van der Waals surface area contributed by atoms with E-state index in [4.69, 9.17) is 22.1 Å². The van der Waals surface area contributed by atoms with Gasteiger partial charge in [0.15, 0.2) is 0 Å². The maximum Gasteiger partial charge on any atom is 0.259 e. The number of nitrogens with zero attached hydrogens (tertiary/aromatic N) is 1. The molecule has 0 fully saturated rings. The van der Waals surface area contributed by atoms with Crippen LogP contribution in [0.4, 0.5) is 5.69 Å². The van der Waals surface area contributed by atoms with E-state index in [1.54, 1.807) is 43.5 Å². The number of rotatable bonds is 3. The van der Waals surface area contributed by atoms with Gasteiger partial charge in [0.1, 0.15) is 11.8 Å². The molecule has 0 spiro atoms. The molecule has 3 rings (SSSR count). The van der Waals surface area contributed by atoms with Gasteiger partial charge in [-0.05, 0) is 61.9 Å². The number of hydrogen-bond acceptors (Lipinski definition) is 3. The highest BCUT2D eigenvalue weighted by molar-refractivity contribution is 6.30. The van der Waals surface area contributed by atoms with Crippen LogP contribution < -0.4 is 15.4 Å². The summed E-state index contributed by atoms with van der Waals surface area (Å²) in [4.78, 5) is 26.9. The van der Waals surface area contributed by atoms with Gasteiger partial charge in [0.05, 0.1) is 12.8 Å². The molecule has 1 heterocycles. The van der Waals surface area contributed by atoms with Crippen LogP contribution in [0, 0.1) is 0 Å². The first-order valence-electron chi connectivity index (χ1n) is 8.09. The lowest BCUT2D eigenvalue weighted by atomic mass is 9.97. The summed E-state index contributed by atoms with van der Waals surface area (Å²) in [5, 5.41) is 0.532. The topological polar surface area (TPSA) is 72.6 Å². The predicted octanol–water partition coefficient (Wildman–Crippen LogP) is 3.66. The molecule has 1 unspecified atom stereocenters. The maximum atomic E-state index is 13.2. The summed E-state index contributed by atoms with van der Waals surface area (Å²) in [5.41, 5.74) is 9.16. The van der Waals surface area contributed by atoms with Crippen LogP contribution >= 0.6 is 11.6 Å². The Labute approximate surface area is 157 Å². The number of primary amides is 1. The Morgan fingerprint density at radius 2 is 1.77 bits per heavy atom. The number of allylic oxidation sites excluding steroid dienone is 1.